The van der Waals surface area contributed by atoms with Crippen LogP contribution in [0.2, 0.25) is 0 Å². The first-order chi connectivity index (χ1) is 8.50. The van der Waals surface area contributed by atoms with E-state index in [2.05, 4.69) is 0 Å². The maximum atomic E-state index is 12.1. The minimum absolute atomic E-state index is 0.0489. The Kier molecular flexibility index (Phi) is 3.73. The Morgan fingerprint density at radius 2 is 2.06 bits per heavy atom. The van der Waals surface area contributed by atoms with Crippen molar-refractivity contribution >= 4 is 40.3 Å². The van der Waals surface area contributed by atoms with Gasteiger partial charge in [0.2, 0.25) is 0 Å². The molecule has 1 saturated heterocycles. The maximum Gasteiger partial charge on any atom is 0.266 e. The predicted octanol–water partition coefficient (Wildman–Crippen LogP) is 3.00. The van der Waals surface area contributed by atoms with Gasteiger partial charge in [0.25, 0.3) is 5.91 Å². The second kappa shape index (κ2) is 5.12. The molecule has 1 fully saturated rings. The Bertz CT molecular complexity index is 538. The zero-order valence-corrected chi connectivity index (χ0v) is 11.7. The highest BCUT2D eigenvalue weighted by atomic mass is 32.2. The van der Waals surface area contributed by atoms with Gasteiger partial charge in [-0.2, -0.15) is 0 Å². The molecule has 1 amide bonds. The molecule has 5 heteroatoms. The van der Waals surface area contributed by atoms with Crippen molar-refractivity contribution in [2.75, 3.05) is 0 Å². The number of carbonyl (C=O) groups excluding carboxylic acids is 1. The first kappa shape index (κ1) is 13.1. The summed E-state index contributed by atoms with van der Waals surface area (Å²) in [7, 11) is 0. The van der Waals surface area contributed by atoms with Crippen LogP contribution in [0.1, 0.15) is 19.4 Å². The predicted molar refractivity (Wildman–Crippen MR) is 78.3 cm³/mol. The van der Waals surface area contributed by atoms with Gasteiger partial charge in [-0.05, 0) is 26.0 Å². The van der Waals surface area contributed by atoms with E-state index in [1.165, 1.54) is 11.8 Å². The number of phenols is 1. The van der Waals surface area contributed by atoms with E-state index >= 15 is 0 Å². The molecular weight excluding hydrogens is 266 g/mol. The lowest BCUT2D eigenvalue weighted by molar-refractivity contribution is -0.123. The lowest BCUT2D eigenvalue weighted by atomic mass is 10.2. The minimum Gasteiger partial charge on any atom is -0.507 e. The van der Waals surface area contributed by atoms with Crippen LogP contribution in [0.4, 0.5) is 0 Å². The second-order valence-electron chi connectivity index (χ2n) is 4.20. The lowest BCUT2D eigenvalue weighted by Gasteiger charge is -2.18. The van der Waals surface area contributed by atoms with E-state index in [1.54, 1.807) is 29.2 Å². The normalized spacial score (nSPS) is 18.2. The summed E-state index contributed by atoms with van der Waals surface area (Å²) in [6, 6.07) is 6.96. The molecule has 0 aromatic heterocycles. The van der Waals surface area contributed by atoms with E-state index in [9.17, 15) is 9.90 Å². The van der Waals surface area contributed by atoms with Crippen molar-refractivity contribution in [2.45, 2.75) is 19.9 Å². The van der Waals surface area contributed by atoms with E-state index in [1.807, 2.05) is 19.9 Å². The number of nitrogens with zero attached hydrogens (tertiary/aromatic N) is 1. The third kappa shape index (κ3) is 2.42. The third-order valence-corrected chi connectivity index (χ3v) is 3.89. The van der Waals surface area contributed by atoms with Gasteiger partial charge < -0.3 is 5.11 Å². The van der Waals surface area contributed by atoms with Crippen molar-refractivity contribution in [3.63, 3.8) is 0 Å². The molecule has 0 aliphatic carbocycles. The Morgan fingerprint density at radius 1 is 1.39 bits per heavy atom. The van der Waals surface area contributed by atoms with Gasteiger partial charge in [-0.15, -0.1) is 0 Å². The summed E-state index contributed by atoms with van der Waals surface area (Å²) in [6.07, 6.45) is 1.68. The van der Waals surface area contributed by atoms with Gasteiger partial charge >= 0.3 is 0 Å². The summed E-state index contributed by atoms with van der Waals surface area (Å²) in [5.41, 5.74) is 0.627. The number of phenolic OH excluding ortho intramolecular Hbond substituents is 1. The van der Waals surface area contributed by atoms with Crippen molar-refractivity contribution in [2.24, 2.45) is 0 Å². The smallest absolute Gasteiger partial charge is 0.266 e. The number of para-hydroxylation sites is 1. The fraction of sp³-hybridized carbons (Fsp3) is 0.231. The number of amides is 1. The van der Waals surface area contributed by atoms with E-state index < -0.39 is 0 Å². The van der Waals surface area contributed by atoms with Crippen LogP contribution in [0.5, 0.6) is 5.75 Å². The van der Waals surface area contributed by atoms with Gasteiger partial charge in [-0.1, -0.05) is 42.2 Å². The monoisotopic (exact) mass is 279 g/mol. The molecule has 1 N–H and O–H groups in total. The first-order valence-corrected chi connectivity index (χ1v) is 6.78. The molecule has 2 rings (SSSR count). The fourth-order valence-electron chi connectivity index (χ4n) is 1.68. The van der Waals surface area contributed by atoms with Crippen molar-refractivity contribution in [3.8, 4) is 5.75 Å². The topological polar surface area (TPSA) is 40.5 Å². The highest BCUT2D eigenvalue weighted by Gasteiger charge is 2.33. The standard InChI is InChI=1S/C13H13NO2S2/c1-8(2)14-12(16)11(18-13(14)17)7-9-5-3-4-6-10(9)15/h3-8,15H,1-2H3/b11-7-. The van der Waals surface area contributed by atoms with Crippen LogP contribution in [-0.2, 0) is 4.79 Å². The number of rotatable bonds is 2. The van der Waals surface area contributed by atoms with Crippen molar-refractivity contribution in [1.82, 2.24) is 4.90 Å². The SMILES string of the molecule is CC(C)N1C(=O)/C(=C/c2ccccc2O)SC1=S. The molecule has 1 aromatic rings. The maximum absolute atomic E-state index is 12.1. The lowest BCUT2D eigenvalue weighted by Crippen LogP contribution is -2.34. The molecule has 0 radical (unpaired) electrons. The largest absolute Gasteiger partial charge is 0.507 e. The average Bonchev–Trinajstić information content (AvgIpc) is 2.57. The summed E-state index contributed by atoms with van der Waals surface area (Å²) >= 11 is 6.46. The Balaban J connectivity index is 2.34. The van der Waals surface area contributed by atoms with Gasteiger partial charge in [-0.3, -0.25) is 9.69 Å². The summed E-state index contributed by atoms with van der Waals surface area (Å²) in [4.78, 5) is 14.3. The van der Waals surface area contributed by atoms with E-state index in [-0.39, 0.29) is 17.7 Å². The Labute approximate surface area is 115 Å². The number of hydrogen-bond donors (Lipinski definition) is 1. The number of aromatic hydroxyl groups is 1. The molecule has 0 saturated carbocycles. The molecule has 0 unspecified atom stereocenters. The number of thioether (sulfide) groups is 1. The van der Waals surface area contributed by atoms with E-state index in [0.29, 0.717) is 14.8 Å². The average molecular weight is 279 g/mol. The van der Waals surface area contributed by atoms with Crippen molar-refractivity contribution in [3.05, 3.63) is 34.7 Å². The molecule has 1 heterocycles. The minimum atomic E-state index is -0.0942. The molecule has 0 spiro atoms. The molecule has 18 heavy (non-hydrogen) atoms. The van der Waals surface area contributed by atoms with Crippen LogP contribution in [0.15, 0.2) is 29.2 Å². The Hall–Kier alpha value is -1.33. The van der Waals surface area contributed by atoms with Crippen LogP contribution in [0.25, 0.3) is 6.08 Å². The van der Waals surface area contributed by atoms with Crippen LogP contribution < -0.4 is 0 Å². The van der Waals surface area contributed by atoms with E-state index in [0.717, 1.165) is 0 Å². The third-order valence-electron chi connectivity index (χ3n) is 2.56. The number of thiocarbonyl (C=S) groups is 1. The summed E-state index contributed by atoms with van der Waals surface area (Å²) in [5, 5.41) is 9.69. The van der Waals surface area contributed by atoms with Gasteiger partial charge in [0.1, 0.15) is 10.1 Å². The molecule has 1 aliphatic heterocycles. The van der Waals surface area contributed by atoms with Crippen LogP contribution in [0.3, 0.4) is 0 Å². The van der Waals surface area contributed by atoms with E-state index in [4.69, 9.17) is 12.2 Å². The van der Waals surface area contributed by atoms with Crippen molar-refractivity contribution < 1.29 is 9.90 Å². The van der Waals surface area contributed by atoms with Gasteiger partial charge in [-0.25, -0.2) is 0 Å². The highest BCUT2D eigenvalue weighted by Crippen LogP contribution is 2.34. The van der Waals surface area contributed by atoms with Crippen LogP contribution in [0, 0.1) is 0 Å². The molecule has 3 nitrogen and oxygen atoms in total. The summed E-state index contributed by atoms with van der Waals surface area (Å²) in [5.74, 6) is 0.0653. The molecule has 0 atom stereocenters. The molecule has 1 aliphatic rings. The molecule has 94 valence electrons. The van der Waals surface area contributed by atoms with Gasteiger partial charge in [0, 0.05) is 11.6 Å². The number of benzene rings is 1. The Morgan fingerprint density at radius 3 is 2.61 bits per heavy atom. The number of carbonyl (C=O) groups is 1. The molecular formula is C13H13NO2S2. The van der Waals surface area contributed by atoms with Crippen LogP contribution >= 0.6 is 24.0 Å². The fourth-order valence-corrected chi connectivity index (χ4v) is 3.19. The second-order valence-corrected chi connectivity index (χ2v) is 5.88. The van der Waals surface area contributed by atoms with Gasteiger partial charge in [0.15, 0.2) is 0 Å². The van der Waals surface area contributed by atoms with Crippen molar-refractivity contribution in [1.29, 1.82) is 0 Å². The highest BCUT2D eigenvalue weighted by molar-refractivity contribution is 8.26. The summed E-state index contributed by atoms with van der Waals surface area (Å²) < 4.78 is 0.566. The zero-order valence-electron chi connectivity index (χ0n) is 10.1. The zero-order chi connectivity index (χ0) is 13.3. The molecule has 0 bridgehead atoms. The first-order valence-electron chi connectivity index (χ1n) is 5.55. The van der Waals surface area contributed by atoms with Crippen LogP contribution in [-0.4, -0.2) is 26.3 Å². The summed E-state index contributed by atoms with van der Waals surface area (Å²) in [6.45, 7) is 3.85. The van der Waals surface area contributed by atoms with Gasteiger partial charge in [0.05, 0.1) is 4.91 Å². The number of hydrogen-bond acceptors (Lipinski definition) is 4. The molecule has 1 aromatic carbocycles. The quantitative estimate of drug-likeness (QED) is 0.667.